The number of hydrogen-bond acceptors (Lipinski definition) is 9. The molecule has 5 rings (SSSR count). The standard InChI is InChI=1S/C16H10N2O4S.C15H10N2O2/c17-18-14-10-9-12-13(16(14)19)7-4-8-15(12)23(20,21)22-11-5-2-1-3-6-11;18-10-16-14-5-1-12(2-6-14)9-13-3-7-15(8-4-13)17-11-19/h1-10H;1-8H,9H2. The second kappa shape index (κ2) is 13.4. The normalized spacial score (nSPS) is 10.3. The monoisotopic (exact) mass is 576 g/mol. The Bertz CT molecular complexity index is 1900. The van der Waals surface area contributed by atoms with Crippen molar-refractivity contribution in [3.8, 4) is 11.5 Å². The zero-order valence-electron chi connectivity index (χ0n) is 21.7. The van der Waals surface area contributed by atoms with Gasteiger partial charge in [0, 0.05) is 11.5 Å². The van der Waals surface area contributed by atoms with Gasteiger partial charge in [0.15, 0.2) is 4.98 Å². The summed E-state index contributed by atoms with van der Waals surface area (Å²) in [6, 6.07) is 29.7. The summed E-state index contributed by atoms with van der Waals surface area (Å²) in [5, 5.41) is 21.2. The van der Waals surface area contributed by atoms with Crippen LogP contribution < -0.4 is 9.29 Å². The maximum absolute atomic E-state index is 12.5. The van der Waals surface area contributed by atoms with Gasteiger partial charge < -0.3 is 9.29 Å². The Hall–Kier alpha value is -5.91. The van der Waals surface area contributed by atoms with Gasteiger partial charge in [0.2, 0.25) is 17.6 Å². The van der Waals surface area contributed by atoms with E-state index in [1.54, 1.807) is 42.5 Å². The summed E-state index contributed by atoms with van der Waals surface area (Å²) in [5.74, 6) is -0.379. The molecular formula is C31H20N4O6S. The molecule has 0 amide bonds. The first-order valence-corrected chi connectivity index (χ1v) is 13.7. The number of carbonyl (C=O) groups excluding carboxylic acids is 2. The number of rotatable bonds is 7. The Kier molecular flexibility index (Phi) is 9.30. The first-order chi connectivity index (χ1) is 20.3. The molecule has 0 aliphatic heterocycles. The summed E-state index contributed by atoms with van der Waals surface area (Å²) in [6.07, 6.45) is 3.77. The molecular weight excluding hydrogens is 556 g/mol. The number of diazo groups is 1. The second-order valence-electron chi connectivity index (χ2n) is 8.63. The van der Waals surface area contributed by atoms with Crippen molar-refractivity contribution in [2.45, 2.75) is 11.3 Å². The van der Waals surface area contributed by atoms with Gasteiger partial charge >= 0.3 is 15.8 Å². The van der Waals surface area contributed by atoms with E-state index < -0.39 is 15.9 Å². The third-order valence-corrected chi connectivity index (χ3v) is 7.21. The molecule has 0 radical (unpaired) electrons. The highest BCUT2D eigenvalue weighted by molar-refractivity contribution is 7.87. The van der Waals surface area contributed by atoms with Gasteiger partial charge in [-0.15, -0.1) is 0 Å². The van der Waals surface area contributed by atoms with Crippen LogP contribution in [0.25, 0.3) is 15.7 Å². The molecule has 0 saturated heterocycles. The van der Waals surface area contributed by atoms with Crippen LogP contribution in [0, 0.1) is 5.39 Å². The Morgan fingerprint density at radius 3 is 1.81 bits per heavy atom. The lowest BCUT2D eigenvalue weighted by molar-refractivity contribution is -0.264. The van der Waals surface area contributed by atoms with Crippen molar-refractivity contribution >= 4 is 50.1 Å². The Morgan fingerprint density at radius 1 is 0.714 bits per heavy atom. The maximum Gasteiger partial charge on any atom is 0.378 e. The number of isocyanates is 2. The molecule has 42 heavy (non-hydrogen) atoms. The molecule has 206 valence electrons. The zero-order chi connectivity index (χ0) is 30.0. The van der Waals surface area contributed by atoms with E-state index in [2.05, 4.69) is 15.0 Å². The molecule has 0 atom stereocenters. The van der Waals surface area contributed by atoms with Gasteiger partial charge in [-0.2, -0.15) is 18.4 Å². The molecule has 0 N–H and O–H groups in total. The smallest absolute Gasteiger partial charge is 0.378 e. The summed E-state index contributed by atoms with van der Waals surface area (Å²) >= 11 is 0. The third kappa shape index (κ3) is 7.18. The van der Waals surface area contributed by atoms with E-state index in [9.17, 15) is 23.1 Å². The predicted molar refractivity (Wildman–Crippen MR) is 154 cm³/mol. The van der Waals surface area contributed by atoms with Crippen molar-refractivity contribution in [1.29, 1.82) is 5.39 Å². The SMILES string of the molecule is N#[N+]c1ccc2c(S(=O)(=O)Oc3ccccc3)cccc2c1[O-].O=C=Nc1ccc(Cc2ccc(N=C=O)cc2)cc1. The molecule has 0 spiro atoms. The molecule has 0 unspecified atom stereocenters. The number of hydrogen-bond donors (Lipinski definition) is 0. The largest absolute Gasteiger partial charge is 0.867 e. The zero-order valence-corrected chi connectivity index (χ0v) is 22.6. The number of fused-ring (bicyclic) bond motifs is 1. The highest BCUT2D eigenvalue weighted by Crippen LogP contribution is 2.35. The fraction of sp³-hybridized carbons (Fsp3) is 0.0323. The van der Waals surface area contributed by atoms with Crippen molar-refractivity contribution in [3.05, 3.63) is 125 Å². The fourth-order valence-electron chi connectivity index (χ4n) is 3.95. The molecule has 5 aromatic rings. The van der Waals surface area contributed by atoms with E-state index in [-0.39, 0.29) is 27.1 Å². The second-order valence-corrected chi connectivity index (χ2v) is 10.1. The minimum Gasteiger partial charge on any atom is -0.867 e. The number of para-hydroxylation sites is 1. The molecule has 0 aromatic heterocycles. The van der Waals surface area contributed by atoms with E-state index >= 15 is 0 Å². The molecule has 0 fully saturated rings. The van der Waals surface area contributed by atoms with E-state index in [0.29, 0.717) is 11.4 Å². The van der Waals surface area contributed by atoms with Crippen molar-refractivity contribution in [1.82, 2.24) is 0 Å². The minimum absolute atomic E-state index is 0.125. The number of aliphatic imine (C=N–C) groups is 2. The van der Waals surface area contributed by atoms with Crippen LogP contribution in [0.5, 0.6) is 11.5 Å². The lowest BCUT2D eigenvalue weighted by Crippen LogP contribution is -2.10. The van der Waals surface area contributed by atoms with Crippen LogP contribution in [0.4, 0.5) is 17.1 Å². The molecule has 0 bridgehead atoms. The molecule has 11 heteroatoms. The van der Waals surface area contributed by atoms with E-state index in [1.165, 1.54) is 54.6 Å². The minimum atomic E-state index is -4.11. The van der Waals surface area contributed by atoms with Crippen molar-refractivity contribution in [2.24, 2.45) is 9.98 Å². The fourth-order valence-corrected chi connectivity index (χ4v) is 5.10. The molecule has 5 aromatic carbocycles. The Labute approximate surface area is 240 Å². The summed E-state index contributed by atoms with van der Waals surface area (Å²) < 4.78 is 30.1. The van der Waals surface area contributed by atoms with Gasteiger partial charge in [-0.1, -0.05) is 54.6 Å². The van der Waals surface area contributed by atoms with Gasteiger partial charge in [0.1, 0.15) is 10.6 Å². The predicted octanol–water partition coefficient (Wildman–Crippen LogP) is 6.38. The van der Waals surface area contributed by atoms with Crippen LogP contribution >= 0.6 is 0 Å². The highest BCUT2D eigenvalue weighted by atomic mass is 32.2. The molecule has 10 nitrogen and oxygen atoms in total. The average Bonchev–Trinajstić information content (AvgIpc) is 3.00. The Morgan fingerprint density at radius 2 is 1.29 bits per heavy atom. The number of benzene rings is 5. The van der Waals surface area contributed by atoms with E-state index in [4.69, 9.17) is 9.58 Å². The van der Waals surface area contributed by atoms with Gasteiger partial charge in [-0.05, 0) is 77.2 Å². The highest BCUT2D eigenvalue weighted by Gasteiger charge is 2.21. The van der Waals surface area contributed by atoms with Gasteiger partial charge in [0.05, 0.1) is 11.4 Å². The van der Waals surface area contributed by atoms with Crippen LogP contribution in [-0.2, 0) is 26.1 Å². The lowest BCUT2D eigenvalue weighted by atomic mass is 10.0. The van der Waals surface area contributed by atoms with Crippen molar-refractivity contribution in [3.63, 3.8) is 0 Å². The van der Waals surface area contributed by atoms with Gasteiger partial charge in [-0.25, -0.2) is 9.59 Å². The lowest BCUT2D eigenvalue weighted by Gasteiger charge is -2.12. The third-order valence-electron chi connectivity index (χ3n) is 5.91. The van der Waals surface area contributed by atoms with Crippen LogP contribution in [-0.4, -0.2) is 20.6 Å². The summed E-state index contributed by atoms with van der Waals surface area (Å²) in [6.45, 7) is 0. The van der Waals surface area contributed by atoms with Crippen molar-refractivity contribution < 1.29 is 27.3 Å². The van der Waals surface area contributed by atoms with Crippen LogP contribution in [0.1, 0.15) is 11.1 Å². The summed E-state index contributed by atoms with van der Waals surface area (Å²) in [7, 11) is -4.11. The molecule has 0 saturated carbocycles. The van der Waals surface area contributed by atoms with Crippen LogP contribution in [0.15, 0.2) is 124 Å². The molecule has 0 aliphatic rings. The topological polar surface area (TPSA) is 153 Å². The summed E-state index contributed by atoms with van der Waals surface area (Å²) in [4.78, 5) is 30.0. The average molecular weight is 577 g/mol. The quantitative estimate of drug-likeness (QED) is 0.0943. The van der Waals surface area contributed by atoms with Crippen LogP contribution in [0.2, 0.25) is 0 Å². The number of nitrogens with zero attached hydrogens (tertiary/aromatic N) is 4. The van der Waals surface area contributed by atoms with E-state index in [0.717, 1.165) is 17.5 Å². The van der Waals surface area contributed by atoms with E-state index in [1.807, 2.05) is 24.3 Å². The Balaban J connectivity index is 0.000000197. The summed E-state index contributed by atoms with van der Waals surface area (Å²) in [5.41, 5.74) is 3.24. The van der Waals surface area contributed by atoms with Gasteiger partial charge in [-0.3, -0.25) is 0 Å². The molecule has 0 aliphatic carbocycles. The molecule has 0 heterocycles. The maximum atomic E-state index is 12.5. The first kappa shape index (κ1) is 29.1. The van der Waals surface area contributed by atoms with Crippen molar-refractivity contribution in [2.75, 3.05) is 0 Å². The van der Waals surface area contributed by atoms with Gasteiger partial charge in [0.25, 0.3) is 0 Å². The first-order valence-electron chi connectivity index (χ1n) is 12.3. The van der Waals surface area contributed by atoms with Crippen LogP contribution in [0.3, 0.4) is 0 Å².